The van der Waals surface area contributed by atoms with Crippen molar-refractivity contribution in [2.24, 2.45) is 0 Å². The number of thiophene rings is 1. The van der Waals surface area contributed by atoms with E-state index in [9.17, 15) is 0 Å². The highest BCUT2D eigenvalue weighted by molar-refractivity contribution is 7.13. The number of furan rings is 1. The summed E-state index contributed by atoms with van der Waals surface area (Å²) in [7, 11) is 0. The predicted molar refractivity (Wildman–Crippen MR) is 95.7 cm³/mol. The molecule has 0 saturated heterocycles. The fraction of sp³-hybridized carbons (Fsp3) is 0.158. The molecule has 0 fully saturated rings. The van der Waals surface area contributed by atoms with Crippen molar-refractivity contribution >= 4 is 11.3 Å². The Bertz CT molecular complexity index is 886. The minimum absolute atomic E-state index is 0.563. The van der Waals surface area contributed by atoms with Crippen molar-refractivity contribution in [2.75, 3.05) is 0 Å². The van der Waals surface area contributed by atoms with Gasteiger partial charge < -0.3 is 8.83 Å². The summed E-state index contributed by atoms with van der Waals surface area (Å²) in [5.41, 5.74) is 1.23. The van der Waals surface area contributed by atoms with Crippen LogP contribution in [0.15, 0.2) is 75.1 Å². The minimum Gasteiger partial charge on any atom is -0.468 e. The highest BCUT2D eigenvalue weighted by Gasteiger charge is 2.15. The Morgan fingerprint density at radius 2 is 1.80 bits per heavy atom. The zero-order valence-electron chi connectivity index (χ0n) is 13.5. The van der Waals surface area contributed by atoms with Crippen LogP contribution in [0.1, 0.15) is 17.2 Å². The lowest BCUT2D eigenvalue weighted by atomic mass is 10.2. The lowest BCUT2D eigenvalue weighted by Crippen LogP contribution is -2.22. The maximum Gasteiger partial charge on any atom is 0.257 e. The van der Waals surface area contributed by atoms with E-state index in [0.717, 1.165) is 17.2 Å². The summed E-state index contributed by atoms with van der Waals surface area (Å²) in [6.07, 6.45) is 1.69. The molecule has 4 aromatic rings. The lowest BCUT2D eigenvalue weighted by molar-refractivity contribution is 0.206. The third kappa shape index (κ3) is 4.04. The van der Waals surface area contributed by atoms with E-state index in [1.807, 2.05) is 47.8 Å². The van der Waals surface area contributed by atoms with Gasteiger partial charge in [0.25, 0.3) is 5.89 Å². The van der Waals surface area contributed by atoms with Gasteiger partial charge >= 0.3 is 0 Å². The molecule has 3 aromatic heterocycles. The zero-order chi connectivity index (χ0) is 16.9. The maximum atomic E-state index is 5.83. The van der Waals surface area contributed by atoms with Crippen molar-refractivity contribution in [1.82, 2.24) is 15.1 Å². The quantitative estimate of drug-likeness (QED) is 0.487. The number of rotatable bonds is 7. The number of aromatic nitrogens is 2. The average molecular weight is 351 g/mol. The molecular formula is C19H17N3O2S. The third-order valence-corrected chi connectivity index (χ3v) is 4.62. The molecule has 0 aliphatic rings. The lowest BCUT2D eigenvalue weighted by Gasteiger charge is -2.19. The van der Waals surface area contributed by atoms with E-state index in [0.29, 0.717) is 24.9 Å². The van der Waals surface area contributed by atoms with E-state index >= 15 is 0 Å². The highest BCUT2D eigenvalue weighted by Crippen LogP contribution is 2.23. The van der Waals surface area contributed by atoms with Gasteiger partial charge in [-0.1, -0.05) is 36.4 Å². The second-order valence-electron chi connectivity index (χ2n) is 5.69. The summed E-state index contributed by atoms with van der Waals surface area (Å²) in [6.45, 7) is 2.02. The summed E-state index contributed by atoms with van der Waals surface area (Å²) in [5.74, 6) is 2.09. The van der Waals surface area contributed by atoms with Crippen molar-refractivity contribution in [1.29, 1.82) is 0 Å². The highest BCUT2D eigenvalue weighted by atomic mass is 32.1. The van der Waals surface area contributed by atoms with Crippen molar-refractivity contribution in [2.45, 2.75) is 19.6 Å². The van der Waals surface area contributed by atoms with Crippen LogP contribution in [-0.4, -0.2) is 15.1 Å². The van der Waals surface area contributed by atoms with Gasteiger partial charge in [0.15, 0.2) is 0 Å². The molecule has 1 aromatic carbocycles. The summed E-state index contributed by atoms with van der Waals surface area (Å²) in [5, 5.41) is 10.4. The molecule has 0 unspecified atom stereocenters. The SMILES string of the molecule is c1ccc(CN(Cc2ccco2)Cc2nnc(-c3cccs3)o2)cc1. The fourth-order valence-electron chi connectivity index (χ4n) is 2.64. The van der Waals surface area contributed by atoms with Gasteiger partial charge in [-0.15, -0.1) is 21.5 Å². The first-order chi connectivity index (χ1) is 12.4. The van der Waals surface area contributed by atoms with E-state index in [1.165, 1.54) is 5.56 Å². The molecule has 0 spiro atoms. The van der Waals surface area contributed by atoms with Gasteiger partial charge in [0.2, 0.25) is 5.89 Å². The van der Waals surface area contributed by atoms with E-state index < -0.39 is 0 Å². The first kappa shape index (κ1) is 15.8. The molecule has 0 radical (unpaired) electrons. The molecule has 3 heterocycles. The van der Waals surface area contributed by atoms with Gasteiger partial charge in [-0.3, -0.25) is 4.90 Å². The van der Waals surface area contributed by atoms with Gasteiger partial charge in [-0.05, 0) is 29.1 Å². The Morgan fingerprint density at radius 3 is 2.56 bits per heavy atom. The Labute approximate surface area is 149 Å². The van der Waals surface area contributed by atoms with Crippen molar-refractivity contribution in [3.63, 3.8) is 0 Å². The Balaban J connectivity index is 1.51. The molecule has 126 valence electrons. The summed E-state index contributed by atoms with van der Waals surface area (Å²) in [4.78, 5) is 3.21. The number of nitrogens with zero attached hydrogens (tertiary/aromatic N) is 3. The second kappa shape index (κ2) is 7.46. The Kier molecular flexibility index (Phi) is 4.72. The summed E-state index contributed by atoms with van der Waals surface area (Å²) < 4.78 is 11.3. The Morgan fingerprint density at radius 1 is 0.880 bits per heavy atom. The van der Waals surface area contributed by atoms with E-state index in [2.05, 4.69) is 27.2 Å². The van der Waals surface area contributed by atoms with Crippen LogP contribution in [0.3, 0.4) is 0 Å². The van der Waals surface area contributed by atoms with Crippen LogP contribution in [0, 0.1) is 0 Å². The molecule has 0 bridgehead atoms. The second-order valence-corrected chi connectivity index (χ2v) is 6.64. The normalized spacial score (nSPS) is 11.2. The van der Waals surface area contributed by atoms with E-state index in [4.69, 9.17) is 8.83 Å². The third-order valence-electron chi connectivity index (χ3n) is 3.77. The number of benzene rings is 1. The summed E-state index contributed by atoms with van der Waals surface area (Å²) in [6, 6.07) is 18.2. The molecule has 0 N–H and O–H groups in total. The smallest absolute Gasteiger partial charge is 0.257 e. The van der Waals surface area contributed by atoms with Crippen LogP contribution in [0.5, 0.6) is 0 Å². The van der Waals surface area contributed by atoms with Crippen LogP contribution in [0.2, 0.25) is 0 Å². The summed E-state index contributed by atoms with van der Waals surface area (Å²) >= 11 is 1.59. The topological polar surface area (TPSA) is 55.3 Å². The van der Waals surface area contributed by atoms with Crippen LogP contribution in [-0.2, 0) is 19.6 Å². The molecule has 5 nitrogen and oxygen atoms in total. The van der Waals surface area contributed by atoms with Crippen LogP contribution in [0.4, 0.5) is 0 Å². The first-order valence-corrected chi connectivity index (χ1v) is 8.90. The molecule has 6 heteroatoms. The molecule has 0 aliphatic heterocycles. The molecule has 0 amide bonds. The average Bonchev–Trinajstić information content (AvgIpc) is 3.38. The van der Waals surface area contributed by atoms with Crippen molar-refractivity contribution < 1.29 is 8.83 Å². The Hall–Kier alpha value is -2.70. The van der Waals surface area contributed by atoms with Gasteiger partial charge in [-0.2, -0.15) is 0 Å². The van der Waals surface area contributed by atoms with Gasteiger partial charge in [0.1, 0.15) is 5.76 Å². The monoisotopic (exact) mass is 351 g/mol. The van der Waals surface area contributed by atoms with Gasteiger partial charge in [0, 0.05) is 6.54 Å². The minimum atomic E-state index is 0.563. The molecule has 0 aliphatic carbocycles. The van der Waals surface area contributed by atoms with Gasteiger partial charge in [-0.25, -0.2) is 0 Å². The van der Waals surface area contributed by atoms with Gasteiger partial charge in [0.05, 0.1) is 24.2 Å². The predicted octanol–water partition coefficient (Wildman–Crippen LogP) is 4.59. The van der Waals surface area contributed by atoms with E-state index in [-0.39, 0.29) is 0 Å². The first-order valence-electron chi connectivity index (χ1n) is 8.02. The number of hydrogen-bond acceptors (Lipinski definition) is 6. The fourth-order valence-corrected chi connectivity index (χ4v) is 3.29. The van der Waals surface area contributed by atoms with Crippen LogP contribution < -0.4 is 0 Å². The molecule has 0 atom stereocenters. The largest absolute Gasteiger partial charge is 0.468 e. The standard InChI is InChI=1S/C19H17N3O2S/c1-2-6-15(7-3-1)12-22(13-16-8-4-10-23-16)14-18-20-21-19(24-18)17-9-5-11-25-17/h1-11H,12-14H2. The van der Waals surface area contributed by atoms with E-state index in [1.54, 1.807) is 17.6 Å². The molecule has 0 saturated carbocycles. The van der Waals surface area contributed by atoms with Crippen LogP contribution in [0.25, 0.3) is 10.8 Å². The van der Waals surface area contributed by atoms with Crippen LogP contribution >= 0.6 is 11.3 Å². The number of hydrogen-bond donors (Lipinski definition) is 0. The maximum absolute atomic E-state index is 5.83. The zero-order valence-corrected chi connectivity index (χ0v) is 14.4. The van der Waals surface area contributed by atoms with Crippen molar-refractivity contribution in [3.8, 4) is 10.8 Å². The molecular weight excluding hydrogens is 334 g/mol. The molecule has 4 rings (SSSR count). The molecule has 25 heavy (non-hydrogen) atoms. The van der Waals surface area contributed by atoms with Crippen molar-refractivity contribution in [3.05, 3.63) is 83.5 Å².